The molecule has 2 aromatic heterocycles. The summed E-state index contributed by atoms with van der Waals surface area (Å²) in [4.78, 5) is 26.6. The van der Waals surface area contributed by atoms with Crippen molar-refractivity contribution < 1.29 is 19.2 Å². The fourth-order valence-corrected chi connectivity index (χ4v) is 4.25. The van der Waals surface area contributed by atoms with E-state index in [1.807, 2.05) is 17.5 Å². The van der Waals surface area contributed by atoms with Crippen molar-refractivity contribution in [1.82, 2.24) is 10.1 Å². The molecule has 0 bridgehead atoms. The number of nitrogens with two attached hydrogens (primary N) is 1. The number of rotatable bonds is 10. The van der Waals surface area contributed by atoms with E-state index in [0.29, 0.717) is 30.8 Å². The number of hydrogen-bond acceptors (Lipinski definition) is 7. The van der Waals surface area contributed by atoms with Crippen LogP contribution in [0.4, 0.5) is 0 Å². The smallest absolute Gasteiger partial charge is 0.223 e. The van der Waals surface area contributed by atoms with Gasteiger partial charge in [-0.15, -0.1) is 11.3 Å². The highest BCUT2D eigenvalue weighted by Gasteiger charge is 2.31. The number of aromatic nitrogens is 1. The molecule has 2 atom stereocenters. The maximum Gasteiger partial charge on any atom is 0.223 e. The van der Waals surface area contributed by atoms with Gasteiger partial charge in [-0.25, -0.2) is 0 Å². The van der Waals surface area contributed by atoms with Crippen molar-refractivity contribution in [2.24, 2.45) is 11.7 Å². The first-order valence-corrected chi connectivity index (χ1v) is 10.7. The van der Waals surface area contributed by atoms with Gasteiger partial charge in [0.2, 0.25) is 5.91 Å². The summed E-state index contributed by atoms with van der Waals surface area (Å²) in [6, 6.07) is 5.59. The number of nitrogens with zero attached hydrogens (tertiary/aromatic N) is 2. The van der Waals surface area contributed by atoms with Crippen LogP contribution in [0.1, 0.15) is 49.0 Å². The molecule has 0 radical (unpaired) electrons. The van der Waals surface area contributed by atoms with Crippen LogP contribution in [0.25, 0.3) is 10.6 Å². The lowest BCUT2D eigenvalue weighted by Gasteiger charge is -2.34. The van der Waals surface area contributed by atoms with Gasteiger partial charge in [-0.2, -0.15) is 0 Å². The number of Topliss-reactive ketones (excluding diaryl/α,β-unsaturated/α-hetero) is 1. The summed E-state index contributed by atoms with van der Waals surface area (Å²) >= 11 is 1.55. The lowest BCUT2D eigenvalue weighted by molar-refractivity contribution is -0.128. The second kappa shape index (κ2) is 9.95. The normalized spacial score (nSPS) is 20.3. The van der Waals surface area contributed by atoms with Gasteiger partial charge in [-0.3, -0.25) is 9.59 Å². The van der Waals surface area contributed by atoms with Gasteiger partial charge in [-0.1, -0.05) is 24.1 Å². The Balaban J connectivity index is 1.29. The predicted molar refractivity (Wildman–Crippen MR) is 107 cm³/mol. The summed E-state index contributed by atoms with van der Waals surface area (Å²) in [5, 5.41) is 15.8. The summed E-state index contributed by atoms with van der Waals surface area (Å²) in [5.41, 5.74) is 5.69. The molecule has 2 aromatic rings. The Labute approximate surface area is 168 Å². The van der Waals surface area contributed by atoms with E-state index in [0.717, 1.165) is 43.6 Å². The van der Waals surface area contributed by atoms with E-state index in [9.17, 15) is 14.7 Å². The SMILES string of the molecule is NC(=O)[C@@H]1CCN(CCCCCCC(=O)c2cc(-c3cccs3)on2)C[C@H]1O. The van der Waals surface area contributed by atoms with Crippen molar-refractivity contribution in [3.8, 4) is 10.6 Å². The van der Waals surface area contributed by atoms with Crippen LogP contribution >= 0.6 is 11.3 Å². The van der Waals surface area contributed by atoms with Gasteiger partial charge >= 0.3 is 0 Å². The summed E-state index contributed by atoms with van der Waals surface area (Å²) < 4.78 is 5.26. The number of thiophene rings is 1. The molecular weight excluding hydrogens is 378 g/mol. The number of likely N-dealkylation sites (tertiary alicyclic amines) is 1. The molecule has 1 aliphatic heterocycles. The van der Waals surface area contributed by atoms with Crippen LogP contribution in [0, 0.1) is 5.92 Å². The highest BCUT2D eigenvalue weighted by Crippen LogP contribution is 2.25. The van der Waals surface area contributed by atoms with E-state index in [1.54, 1.807) is 17.4 Å². The van der Waals surface area contributed by atoms with Crippen molar-refractivity contribution in [2.75, 3.05) is 19.6 Å². The minimum Gasteiger partial charge on any atom is -0.391 e. The fraction of sp³-hybridized carbons (Fsp3) is 0.550. The van der Waals surface area contributed by atoms with Crippen LogP contribution in [-0.4, -0.2) is 52.6 Å². The molecule has 1 fully saturated rings. The van der Waals surface area contributed by atoms with Gasteiger partial charge < -0.3 is 20.3 Å². The number of piperidine rings is 1. The van der Waals surface area contributed by atoms with Crippen molar-refractivity contribution in [3.63, 3.8) is 0 Å². The number of β-amino-alcohol motifs (C(OH)–C–C–N with tert-alkyl or cyclic N) is 1. The van der Waals surface area contributed by atoms with E-state index in [4.69, 9.17) is 10.3 Å². The molecule has 28 heavy (non-hydrogen) atoms. The zero-order chi connectivity index (χ0) is 19.9. The van der Waals surface area contributed by atoms with Crippen LogP contribution in [0.15, 0.2) is 28.1 Å². The minimum absolute atomic E-state index is 0.0169. The standard InChI is InChI=1S/C20H27N3O4S/c21-20(26)14-8-10-23(13-17(14)25)9-4-2-1-3-6-16(24)15-12-18(27-22-15)19-7-5-11-28-19/h5,7,11-12,14,17,25H,1-4,6,8-10,13H2,(H2,21,26)/t14-,17-/m1/s1. The first kappa shape index (κ1) is 20.7. The Morgan fingerprint density at radius 3 is 2.86 bits per heavy atom. The Bertz CT molecular complexity index is 774. The van der Waals surface area contributed by atoms with E-state index < -0.39 is 17.9 Å². The summed E-state index contributed by atoms with van der Waals surface area (Å²) in [6.07, 6.45) is 4.27. The molecule has 8 heteroatoms. The molecule has 0 unspecified atom stereocenters. The van der Waals surface area contributed by atoms with Crippen LogP contribution < -0.4 is 5.73 Å². The minimum atomic E-state index is -0.662. The Morgan fingerprint density at radius 2 is 2.14 bits per heavy atom. The molecule has 3 N–H and O–H groups in total. The van der Waals surface area contributed by atoms with E-state index in [1.165, 1.54) is 0 Å². The fourth-order valence-electron chi connectivity index (χ4n) is 3.58. The molecule has 152 valence electrons. The topological polar surface area (TPSA) is 110 Å². The van der Waals surface area contributed by atoms with E-state index >= 15 is 0 Å². The van der Waals surface area contributed by atoms with Crippen molar-refractivity contribution in [2.45, 2.75) is 44.6 Å². The maximum atomic E-state index is 12.2. The number of hydrogen-bond donors (Lipinski definition) is 2. The second-order valence-electron chi connectivity index (χ2n) is 7.31. The first-order valence-electron chi connectivity index (χ1n) is 9.78. The highest BCUT2D eigenvalue weighted by atomic mass is 32.1. The van der Waals surface area contributed by atoms with Gasteiger partial charge in [0, 0.05) is 19.0 Å². The number of unbranched alkanes of at least 4 members (excludes halogenated alkanes) is 3. The predicted octanol–water partition coefficient (Wildman–Crippen LogP) is 2.70. The molecule has 3 rings (SSSR count). The van der Waals surface area contributed by atoms with Crippen molar-refractivity contribution in [3.05, 3.63) is 29.3 Å². The molecule has 7 nitrogen and oxygen atoms in total. The Hall–Kier alpha value is -2.03. The van der Waals surface area contributed by atoms with Gasteiger partial charge in [-0.05, 0) is 43.8 Å². The summed E-state index contributed by atoms with van der Waals surface area (Å²) in [7, 11) is 0. The quantitative estimate of drug-likeness (QED) is 0.465. The third-order valence-corrected chi connectivity index (χ3v) is 6.10. The zero-order valence-corrected chi connectivity index (χ0v) is 16.7. The molecule has 1 saturated heterocycles. The molecule has 0 aliphatic carbocycles. The number of primary amides is 1. The molecule has 0 spiro atoms. The summed E-state index contributed by atoms with van der Waals surface area (Å²) in [5.74, 6) is -0.172. The third-order valence-electron chi connectivity index (χ3n) is 5.22. The Kier molecular flexibility index (Phi) is 7.36. The van der Waals surface area contributed by atoms with Crippen molar-refractivity contribution >= 4 is 23.0 Å². The zero-order valence-electron chi connectivity index (χ0n) is 15.9. The van der Waals surface area contributed by atoms with Gasteiger partial charge in [0.15, 0.2) is 11.5 Å². The number of aliphatic hydroxyl groups excluding tert-OH is 1. The number of ketones is 1. The largest absolute Gasteiger partial charge is 0.391 e. The third kappa shape index (κ3) is 5.50. The highest BCUT2D eigenvalue weighted by molar-refractivity contribution is 7.13. The van der Waals surface area contributed by atoms with Gasteiger partial charge in [0.25, 0.3) is 0 Å². The van der Waals surface area contributed by atoms with Gasteiger partial charge in [0.05, 0.1) is 16.9 Å². The Morgan fingerprint density at radius 1 is 1.32 bits per heavy atom. The van der Waals surface area contributed by atoms with E-state index in [-0.39, 0.29) is 5.78 Å². The summed E-state index contributed by atoms with van der Waals surface area (Å²) in [6.45, 7) is 2.19. The molecule has 3 heterocycles. The monoisotopic (exact) mass is 405 g/mol. The lowest BCUT2D eigenvalue weighted by Crippen LogP contribution is -2.48. The van der Waals surface area contributed by atoms with Gasteiger partial charge in [0.1, 0.15) is 5.69 Å². The number of aliphatic hydroxyl groups is 1. The molecule has 0 saturated carbocycles. The number of carbonyl (C=O) groups excluding carboxylic acids is 2. The average Bonchev–Trinajstić information content (AvgIpc) is 3.35. The first-order chi connectivity index (χ1) is 13.5. The molecule has 1 aliphatic rings. The van der Waals surface area contributed by atoms with Crippen LogP contribution in [0.5, 0.6) is 0 Å². The van der Waals surface area contributed by atoms with Crippen LogP contribution in [-0.2, 0) is 4.79 Å². The molecule has 0 aromatic carbocycles. The van der Waals surface area contributed by atoms with Crippen LogP contribution in [0.2, 0.25) is 0 Å². The number of carbonyl (C=O) groups is 2. The van der Waals surface area contributed by atoms with Crippen LogP contribution in [0.3, 0.4) is 0 Å². The molecular formula is C20H27N3O4S. The van der Waals surface area contributed by atoms with E-state index in [2.05, 4.69) is 10.1 Å². The number of amides is 1. The lowest BCUT2D eigenvalue weighted by atomic mass is 9.93. The van der Waals surface area contributed by atoms with Crippen molar-refractivity contribution in [1.29, 1.82) is 0 Å². The molecule has 1 amide bonds. The average molecular weight is 406 g/mol. The maximum absolute atomic E-state index is 12.2. The second-order valence-corrected chi connectivity index (χ2v) is 8.25.